The number of carbonyl (C=O) groups excluding carboxylic acids is 1. The molecule has 0 saturated carbocycles. The van der Waals surface area contributed by atoms with E-state index in [1.165, 1.54) is 16.7 Å². The van der Waals surface area contributed by atoms with Crippen LogP contribution in [0, 0.1) is 0 Å². The van der Waals surface area contributed by atoms with E-state index in [4.69, 9.17) is 0 Å². The molecule has 0 saturated heterocycles. The number of carbonyl (C=O) groups is 1. The third-order valence-corrected chi connectivity index (χ3v) is 3.17. The van der Waals surface area contributed by atoms with E-state index in [0.717, 1.165) is 4.47 Å². The summed E-state index contributed by atoms with van der Waals surface area (Å²) in [5.74, 6) is -0.251. The minimum atomic E-state index is -0.265. The Morgan fingerprint density at radius 1 is 1.25 bits per heavy atom. The van der Waals surface area contributed by atoms with Gasteiger partial charge in [0.15, 0.2) is 0 Å². The summed E-state index contributed by atoms with van der Waals surface area (Å²) >= 11 is 3.27. The highest BCUT2D eigenvalue weighted by atomic mass is 79.9. The summed E-state index contributed by atoms with van der Waals surface area (Å²) in [4.78, 5) is 23.4. The van der Waals surface area contributed by atoms with Crippen molar-refractivity contribution in [2.75, 3.05) is 5.32 Å². The number of aromatic nitrogens is 1. The van der Waals surface area contributed by atoms with Gasteiger partial charge in [-0.1, -0.05) is 12.1 Å². The van der Waals surface area contributed by atoms with Crippen LogP contribution in [0.3, 0.4) is 0 Å². The zero-order chi connectivity index (χ0) is 14.5. The number of aromatic hydroxyl groups is 1. The van der Waals surface area contributed by atoms with Crippen LogP contribution in [0.15, 0.2) is 51.9 Å². The van der Waals surface area contributed by atoms with Crippen LogP contribution < -0.4 is 10.9 Å². The van der Waals surface area contributed by atoms with Crippen LogP contribution in [0.25, 0.3) is 0 Å². The fourth-order valence-corrected chi connectivity index (χ4v) is 2.07. The van der Waals surface area contributed by atoms with Crippen LogP contribution >= 0.6 is 15.9 Å². The molecule has 0 aliphatic carbocycles. The Morgan fingerprint density at radius 3 is 2.75 bits per heavy atom. The van der Waals surface area contributed by atoms with E-state index < -0.39 is 0 Å². The third-order valence-electron chi connectivity index (χ3n) is 2.71. The fourth-order valence-electron chi connectivity index (χ4n) is 1.69. The number of phenolic OH excluding ortho intramolecular Hbond substituents is 1. The van der Waals surface area contributed by atoms with E-state index in [0.29, 0.717) is 5.69 Å². The number of rotatable bonds is 4. The molecule has 20 heavy (non-hydrogen) atoms. The third kappa shape index (κ3) is 3.71. The van der Waals surface area contributed by atoms with Gasteiger partial charge < -0.3 is 15.0 Å². The minimum Gasteiger partial charge on any atom is -0.506 e. The molecule has 0 fully saturated rings. The van der Waals surface area contributed by atoms with Gasteiger partial charge in [-0.25, -0.2) is 0 Å². The summed E-state index contributed by atoms with van der Waals surface area (Å²) in [6, 6.07) is 9.58. The van der Waals surface area contributed by atoms with E-state index in [2.05, 4.69) is 21.2 Å². The van der Waals surface area contributed by atoms with Crippen molar-refractivity contribution < 1.29 is 9.90 Å². The van der Waals surface area contributed by atoms with Crippen molar-refractivity contribution >= 4 is 27.5 Å². The molecule has 0 atom stereocenters. The predicted molar refractivity (Wildman–Crippen MR) is 79.8 cm³/mol. The van der Waals surface area contributed by atoms with Crippen molar-refractivity contribution in [2.24, 2.45) is 0 Å². The maximum absolute atomic E-state index is 11.8. The zero-order valence-corrected chi connectivity index (χ0v) is 12.1. The van der Waals surface area contributed by atoms with E-state index in [-0.39, 0.29) is 30.2 Å². The second-order valence-corrected chi connectivity index (χ2v) is 5.11. The lowest BCUT2D eigenvalue weighted by Crippen LogP contribution is -2.22. The van der Waals surface area contributed by atoms with Gasteiger partial charge in [-0.3, -0.25) is 9.59 Å². The number of pyridine rings is 1. The minimum absolute atomic E-state index is 0.0143. The molecule has 6 heteroatoms. The molecule has 2 aromatic rings. The number of para-hydroxylation sites is 2. The van der Waals surface area contributed by atoms with Gasteiger partial charge >= 0.3 is 0 Å². The Kier molecular flexibility index (Phi) is 4.57. The Labute approximate surface area is 124 Å². The molecular formula is C14H13BrN2O3. The van der Waals surface area contributed by atoms with Crippen molar-refractivity contribution in [3.63, 3.8) is 0 Å². The molecule has 0 bridgehead atoms. The summed E-state index contributed by atoms with van der Waals surface area (Å²) in [7, 11) is 0. The smallest absolute Gasteiger partial charge is 0.250 e. The Hall–Kier alpha value is -2.08. The van der Waals surface area contributed by atoms with Gasteiger partial charge in [0.25, 0.3) is 5.56 Å². The molecule has 0 spiro atoms. The lowest BCUT2D eigenvalue weighted by atomic mass is 10.3. The molecular weight excluding hydrogens is 324 g/mol. The zero-order valence-electron chi connectivity index (χ0n) is 10.5. The van der Waals surface area contributed by atoms with Gasteiger partial charge in [0.05, 0.1) is 5.69 Å². The molecule has 0 aliphatic rings. The van der Waals surface area contributed by atoms with Crippen molar-refractivity contribution in [2.45, 2.75) is 13.0 Å². The lowest BCUT2D eigenvalue weighted by Gasteiger charge is -2.08. The molecule has 0 radical (unpaired) electrons. The van der Waals surface area contributed by atoms with Gasteiger partial charge in [-0.2, -0.15) is 0 Å². The second kappa shape index (κ2) is 6.38. The number of anilines is 1. The summed E-state index contributed by atoms with van der Waals surface area (Å²) < 4.78 is 2.23. The van der Waals surface area contributed by atoms with Gasteiger partial charge in [0.1, 0.15) is 5.75 Å². The molecule has 1 amide bonds. The highest BCUT2D eigenvalue weighted by Crippen LogP contribution is 2.21. The topological polar surface area (TPSA) is 71.3 Å². The number of phenols is 1. The molecule has 1 heterocycles. The number of aryl methyl sites for hydroxylation is 1. The number of hydrogen-bond donors (Lipinski definition) is 2. The number of benzene rings is 1. The summed E-state index contributed by atoms with van der Waals surface area (Å²) in [5.41, 5.74) is 0.197. The summed E-state index contributed by atoms with van der Waals surface area (Å²) in [6.45, 7) is 0.275. The molecule has 1 aromatic carbocycles. The number of nitrogens with one attached hydrogen (secondary N) is 1. The SMILES string of the molecule is O=C(CCn1cc(Br)ccc1=O)Nc1ccccc1O. The van der Waals surface area contributed by atoms with Gasteiger partial charge in [0.2, 0.25) is 5.91 Å². The van der Waals surface area contributed by atoms with Crippen LogP contribution in [0.1, 0.15) is 6.42 Å². The monoisotopic (exact) mass is 336 g/mol. The first-order chi connectivity index (χ1) is 9.56. The van der Waals surface area contributed by atoms with E-state index >= 15 is 0 Å². The fraction of sp³-hybridized carbons (Fsp3) is 0.143. The highest BCUT2D eigenvalue weighted by Gasteiger charge is 2.06. The van der Waals surface area contributed by atoms with Crippen molar-refractivity contribution in [3.05, 3.63) is 57.4 Å². The van der Waals surface area contributed by atoms with Crippen molar-refractivity contribution in [1.29, 1.82) is 0 Å². The van der Waals surface area contributed by atoms with E-state index in [1.54, 1.807) is 30.5 Å². The maximum atomic E-state index is 11.8. The number of nitrogens with zero attached hydrogens (tertiary/aromatic N) is 1. The highest BCUT2D eigenvalue weighted by molar-refractivity contribution is 9.10. The average Bonchev–Trinajstić information content (AvgIpc) is 2.42. The largest absolute Gasteiger partial charge is 0.506 e. The summed E-state index contributed by atoms with van der Waals surface area (Å²) in [6.07, 6.45) is 1.78. The number of amides is 1. The molecule has 104 valence electrons. The molecule has 0 aliphatic heterocycles. The lowest BCUT2D eigenvalue weighted by molar-refractivity contribution is -0.116. The van der Waals surface area contributed by atoms with Crippen LogP contribution in [0.2, 0.25) is 0 Å². The Bertz CT molecular complexity index is 682. The number of halogens is 1. The standard InChI is InChI=1S/C14H13BrN2O3/c15-10-5-6-14(20)17(9-10)8-7-13(19)16-11-3-1-2-4-12(11)18/h1-6,9,18H,7-8H2,(H,16,19). The number of hydrogen-bond acceptors (Lipinski definition) is 3. The van der Waals surface area contributed by atoms with E-state index in [1.807, 2.05) is 0 Å². The van der Waals surface area contributed by atoms with Crippen LogP contribution in [0.5, 0.6) is 5.75 Å². The molecule has 2 N–H and O–H groups in total. The van der Waals surface area contributed by atoms with Gasteiger partial charge in [-0.05, 0) is 34.1 Å². The average molecular weight is 337 g/mol. The molecule has 1 aromatic heterocycles. The molecule has 5 nitrogen and oxygen atoms in total. The Balaban J connectivity index is 1.98. The van der Waals surface area contributed by atoms with Gasteiger partial charge in [0, 0.05) is 29.7 Å². The van der Waals surface area contributed by atoms with Crippen LogP contribution in [-0.2, 0) is 11.3 Å². The van der Waals surface area contributed by atoms with Crippen molar-refractivity contribution in [3.8, 4) is 5.75 Å². The van der Waals surface area contributed by atoms with Crippen molar-refractivity contribution in [1.82, 2.24) is 4.57 Å². The van der Waals surface area contributed by atoms with Crippen LogP contribution in [0.4, 0.5) is 5.69 Å². The summed E-state index contributed by atoms with van der Waals surface area (Å²) in [5, 5.41) is 12.1. The van der Waals surface area contributed by atoms with Crippen LogP contribution in [-0.4, -0.2) is 15.6 Å². The molecule has 2 rings (SSSR count). The normalized spacial score (nSPS) is 10.2. The first-order valence-electron chi connectivity index (χ1n) is 6.00. The van der Waals surface area contributed by atoms with E-state index in [9.17, 15) is 14.7 Å². The second-order valence-electron chi connectivity index (χ2n) is 4.19. The predicted octanol–water partition coefficient (Wildman–Crippen LogP) is 2.35. The van der Waals surface area contributed by atoms with Gasteiger partial charge in [-0.15, -0.1) is 0 Å². The Morgan fingerprint density at radius 2 is 2.00 bits per heavy atom. The first-order valence-corrected chi connectivity index (χ1v) is 6.79. The quantitative estimate of drug-likeness (QED) is 0.842. The maximum Gasteiger partial charge on any atom is 0.250 e. The first kappa shape index (κ1) is 14.3. The molecule has 0 unspecified atom stereocenters.